The van der Waals surface area contributed by atoms with Crippen LogP contribution >= 0.6 is 0 Å². The van der Waals surface area contributed by atoms with E-state index in [1.165, 1.54) is 0 Å². The highest BCUT2D eigenvalue weighted by atomic mass is 16.5. The Morgan fingerprint density at radius 3 is 2.73 bits per heavy atom. The van der Waals surface area contributed by atoms with Crippen molar-refractivity contribution in [3.8, 4) is 0 Å². The molecule has 1 rings (SSSR count). The van der Waals surface area contributed by atoms with Crippen molar-refractivity contribution in [1.82, 2.24) is 10.5 Å². The third-order valence-electron chi connectivity index (χ3n) is 2.15. The first kappa shape index (κ1) is 11.7. The summed E-state index contributed by atoms with van der Waals surface area (Å²) >= 11 is 0. The van der Waals surface area contributed by atoms with Gasteiger partial charge in [-0.3, -0.25) is 4.79 Å². The van der Waals surface area contributed by atoms with Crippen molar-refractivity contribution in [2.75, 3.05) is 0 Å². The number of rotatable bonds is 4. The molecule has 1 aromatic heterocycles. The monoisotopic (exact) mass is 211 g/mol. The van der Waals surface area contributed by atoms with Gasteiger partial charge in [0, 0.05) is 24.6 Å². The van der Waals surface area contributed by atoms with Gasteiger partial charge in [-0.1, -0.05) is 5.16 Å². The molecule has 1 heterocycles. The Hall–Kier alpha value is -1.36. The van der Waals surface area contributed by atoms with Gasteiger partial charge >= 0.3 is 0 Å². The first-order valence-corrected chi connectivity index (χ1v) is 4.94. The number of aromatic nitrogens is 1. The normalized spacial score (nSPS) is 12.5. The van der Waals surface area contributed by atoms with Gasteiger partial charge in [0.25, 0.3) is 0 Å². The van der Waals surface area contributed by atoms with Gasteiger partial charge in [0.05, 0.1) is 5.69 Å². The lowest BCUT2D eigenvalue weighted by molar-refractivity contribution is -0.121. The third kappa shape index (κ3) is 3.36. The number of carbonyl (C=O) groups excluding carboxylic acids is 1. The molecular formula is C10H17N3O2. The van der Waals surface area contributed by atoms with Crippen molar-refractivity contribution in [1.29, 1.82) is 0 Å². The van der Waals surface area contributed by atoms with Gasteiger partial charge in [-0.05, 0) is 20.8 Å². The molecule has 0 aliphatic rings. The molecule has 5 heteroatoms. The van der Waals surface area contributed by atoms with Gasteiger partial charge < -0.3 is 15.6 Å². The van der Waals surface area contributed by atoms with Crippen LogP contribution in [0.15, 0.2) is 4.52 Å². The van der Waals surface area contributed by atoms with E-state index in [4.69, 9.17) is 10.3 Å². The molecule has 1 atom stereocenters. The Kier molecular flexibility index (Phi) is 3.85. The minimum Gasteiger partial charge on any atom is -0.361 e. The van der Waals surface area contributed by atoms with E-state index in [1.807, 2.05) is 13.8 Å². The molecule has 0 aromatic carbocycles. The maximum atomic E-state index is 11.3. The molecule has 0 aliphatic heterocycles. The minimum atomic E-state index is -0.116. The molecule has 5 nitrogen and oxygen atoms in total. The molecule has 0 saturated heterocycles. The first-order valence-electron chi connectivity index (χ1n) is 4.94. The molecule has 0 bridgehead atoms. The summed E-state index contributed by atoms with van der Waals surface area (Å²) in [6, 6.07) is -0.116. The second-order valence-electron chi connectivity index (χ2n) is 3.76. The lowest BCUT2D eigenvalue weighted by Gasteiger charge is -2.06. The molecule has 0 fully saturated rings. The second-order valence-corrected chi connectivity index (χ2v) is 3.76. The summed E-state index contributed by atoms with van der Waals surface area (Å²) in [7, 11) is 0. The molecule has 15 heavy (non-hydrogen) atoms. The molecule has 0 aliphatic carbocycles. The highest BCUT2D eigenvalue weighted by molar-refractivity contribution is 5.76. The molecule has 84 valence electrons. The van der Waals surface area contributed by atoms with Crippen LogP contribution in [-0.4, -0.2) is 17.1 Å². The highest BCUT2D eigenvalue weighted by Crippen LogP contribution is 2.11. The molecule has 1 aromatic rings. The van der Waals surface area contributed by atoms with Gasteiger partial charge in [0.15, 0.2) is 0 Å². The molecule has 1 unspecified atom stereocenters. The number of nitrogens with one attached hydrogen (secondary N) is 1. The van der Waals surface area contributed by atoms with Crippen LogP contribution in [0.4, 0.5) is 0 Å². The zero-order valence-electron chi connectivity index (χ0n) is 9.33. The number of aryl methyl sites for hydroxylation is 2. The Balaban J connectivity index is 2.47. The van der Waals surface area contributed by atoms with E-state index < -0.39 is 0 Å². The quantitative estimate of drug-likeness (QED) is 0.766. The van der Waals surface area contributed by atoms with Crippen molar-refractivity contribution in [3.63, 3.8) is 0 Å². The van der Waals surface area contributed by atoms with Crippen LogP contribution in [0.25, 0.3) is 0 Å². The van der Waals surface area contributed by atoms with Crippen molar-refractivity contribution in [2.24, 2.45) is 5.73 Å². The van der Waals surface area contributed by atoms with Crippen LogP contribution in [0.3, 0.4) is 0 Å². The fraction of sp³-hybridized carbons (Fsp3) is 0.600. The first-order chi connectivity index (χ1) is 7.00. The number of nitrogens with zero attached hydrogens (tertiary/aromatic N) is 1. The Morgan fingerprint density at radius 1 is 1.60 bits per heavy atom. The van der Waals surface area contributed by atoms with E-state index in [-0.39, 0.29) is 11.9 Å². The minimum absolute atomic E-state index is 0.0509. The number of nitrogens with two attached hydrogens (primary N) is 1. The number of hydrogen-bond acceptors (Lipinski definition) is 4. The van der Waals surface area contributed by atoms with Crippen LogP contribution in [0.5, 0.6) is 0 Å². The lowest BCUT2D eigenvalue weighted by Crippen LogP contribution is -2.29. The molecule has 0 radical (unpaired) electrons. The van der Waals surface area contributed by atoms with Gasteiger partial charge in [-0.25, -0.2) is 0 Å². The largest absolute Gasteiger partial charge is 0.361 e. The lowest BCUT2D eigenvalue weighted by atomic mass is 10.2. The molecule has 0 saturated carbocycles. The molecule has 0 spiro atoms. The zero-order valence-corrected chi connectivity index (χ0v) is 9.33. The van der Waals surface area contributed by atoms with E-state index in [2.05, 4.69) is 10.5 Å². The van der Waals surface area contributed by atoms with Crippen molar-refractivity contribution < 1.29 is 9.32 Å². The average molecular weight is 211 g/mol. The number of amides is 1. The maximum absolute atomic E-state index is 11.3. The third-order valence-corrected chi connectivity index (χ3v) is 2.15. The van der Waals surface area contributed by atoms with Crippen molar-refractivity contribution in [3.05, 3.63) is 17.0 Å². The Labute approximate surface area is 89.0 Å². The SMILES string of the molecule is Cc1noc(C)c1CNC(=O)CC(C)N. The predicted octanol–water partition coefficient (Wildman–Crippen LogP) is 0.645. The summed E-state index contributed by atoms with van der Waals surface area (Å²) in [6.07, 6.45) is 0.337. The average Bonchev–Trinajstić information content (AvgIpc) is 2.42. The maximum Gasteiger partial charge on any atom is 0.221 e. The topological polar surface area (TPSA) is 81.2 Å². The van der Waals surface area contributed by atoms with E-state index >= 15 is 0 Å². The molecule has 1 amide bonds. The van der Waals surface area contributed by atoms with Crippen LogP contribution in [0.1, 0.15) is 30.4 Å². The summed E-state index contributed by atoms with van der Waals surface area (Å²) in [5, 5.41) is 6.58. The van der Waals surface area contributed by atoms with Crippen molar-refractivity contribution >= 4 is 5.91 Å². The Morgan fingerprint density at radius 2 is 2.27 bits per heavy atom. The van der Waals surface area contributed by atoms with Crippen molar-refractivity contribution in [2.45, 2.75) is 39.8 Å². The molecular weight excluding hydrogens is 194 g/mol. The summed E-state index contributed by atoms with van der Waals surface area (Å²) in [5.41, 5.74) is 7.26. The fourth-order valence-corrected chi connectivity index (χ4v) is 1.31. The van der Waals surface area contributed by atoms with E-state index in [0.29, 0.717) is 13.0 Å². The standard InChI is InChI=1S/C10H17N3O2/c1-6(11)4-10(14)12-5-9-7(2)13-15-8(9)3/h6H,4-5,11H2,1-3H3,(H,12,14). The van der Waals surface area contributed by atoms with E-state index in [1.54, 1.807) is 6.92 Å². The molecule has 3 N–H and O–H groups in total. The van der Waals surface area contributed by atoms with E-state index in [0.717, 1.165) is 17.0 Å². The van der Waals surface area contributed by atoms with E-state index in [9.17, 15) is 4.79 Å². The number of hydrogen-bond donors (Lipinski definition) is 2. The van der Waals surface area contributed by atoms with Crippen LogP contribution < -0.4 is 11.1 Å². The summed E-state index contributed by atoms with van der Waals surface area (Å²) in [4.78, 5) is 11.3. The zero-order chi connectivity index (χ0) is 11.4. The van der Waals surface area contributed by atoms with Gasteiger partial charge in [0.1, 0.15) is 5.76 Å². The van der Waals surface area contributed by atoms with Crippen LogP contribution in [0.2, 0.25) is 0 Å². The summed E-state index contributed by atoms with van der Waals surface area (Å²) < 4.78 is 4.98. The highest BCUT2D eigenvalue weighted by Gasteiger charge is 2.10. The second kappa shape index (κ2) is 4.93. The van der Waals surface area contributed by atoms with Crippen LogP contribution in [0, 0.1) is 13.8 Å². The predicted molar refractivity (Wildman–Crippen MR) is 56.1 cm³/mol. The summed E-state index contributed by atoms with van der Waals surface area (Å²) in [5.74, 6) is 0.693. The van der Waals surface area contributed by atoms with Gasteiger partial charge in [-0.15, -0.1) is 0 Å². The summed E-state index contributed by atoms with van der Waals surface area (Å²) in [6.45, 7) is 5.93. The fourth-order valence-electron chi connectivity index (χ4n) is 1.31. The number of carbonyl (C=O) groups is 1. The Bertz CT molecular complexity index is 325. The van der Waals surface area contributed by atoms with Crippen LogP contribution in [-0.2, 0) is 11.3 Å². The van der Waals surface area contributed by atoms with Gasteiger partial charge in [0.2, 0.25) is 5.91 Å². The smallest absolute Gasteiger partial charge is 0.221 e. The van der Waals surface area contributed by atoms with Gasteiger partial charge in [-0.2, -0.15) is 0 Å².